The van der Waals surface area contributed by atoms with Crippen molar-refractivity contribution >= 4 is 5.91 Å². The molecular weight excluding hydrogens is 322 g/mol. The van der Waals surface area contributed by atoms with Crippen LogP contribution in [0.1, 0.15) is 50.8 Å². The second-order valence-electron chi connectivity index (χ2n) is 7.18. The van der Waals surface area contributed by atoms with E-state index in [1.165, 1.54) is 23.9 Å². The van der Waals surface area contributed by atoms with Crippen LogP contribution in [0.2, 0.25) is 0 Å². The summed E-state index contributed by atoms with van der Waals surface area (Å²) in [6.07, 6.45) is 6.90. The predicted octanol–water partition coefficient (Wildman–Crippen LogP) is 0.483. The first-order chi connectivity index (χ1) is 12.1. The van der Waals surface area contributed by atoms with Gasteiger partial charge in [-0.25, -0.2) is 4.68 Å². The highest BCUT2D eigenvalue weighted by Gasteiger charge is 2.38. The van der Waals surface area contributed by atoms with Crippen LogP contribution in [-0.4, -0.2) is 69.3 Å². The van der Waals surface area contributed by atoms with Gasteiger partial charge in [-0.3, -0.25) is 9.69 Å². The lowest BCUT2D eigenvalue weighted by Gasteiger charge is -2.48. The molecule has 1 unspecified atom stereocenters. The fourth-order valence-electron chi connectivity index (χ4n) is 3.90. The number of aliphatic hydroxyl groups excluding tert-OH is 1. The third-order valence-electron chi connectivity index (χ3n) is 5.37. The number of amides is 1. The summed E-state index contributed by atoms with van der Waals surface area (Å²) >= 11 is 0. The Morgan fingerprint density at radius 1 is 1.36 bits per heavy atom. The van der Waals surface area contributed by atoms with Crippen molar-refractivity contribution in [3.05, 3.63) is 11.9 Å². The minimum atomic E-state index is -0.677. The minimum Gasteiger partial charge on any atom is -0.387 e. The topological polar surface area (TPSA) is 92.5 Å². The van der Waals surface area contributed by atoms with Gasteiger partial charge in [-0.15, -0.1) is 5.10 Å². The zero-order chi connectivity index (χ0) is 17.7. The minimum absolute atomic E-state index is 0.0603. The number of aliphatic hydroxyl groups is 1. The van der Waals surface area contributed by atoms with E-state index in [2.05, 4.69) is 20.5 Å². The Bertz CT molecular complexity index is 562. The molecule has 8 heteroatoms. The van der Waals surface area contributed by atoms with Gasteiger partial charge in [0.05, 0.1) is 25.5 Å². The highest BCUT2D eigenvalue weighted by molar-refractivity contribution is 5.75. The van der Waals surface area contributed by atoms with Gasteiger partial charge in [0.1, 0.15) is 12.2 Å². The summed E-state index contributed by atoms with van der Waals surface area (Å²) in [4.78, 5) is 14.9. The van der Waals surface area contributed by atoms with Gasteiger partial charge in [-0.1, -0.05) is 24.5 Å². The van der Waals surface area contributed by atoms with E-state index in [1.807, 2.05) is 0 Å². The molecule has 1 atom stereocenters. The van der Waals surface area contributed by atoms with E-state index in [9.17, 15) is 9.90 Å². The Morgan fingerprint density at radius 3 is 2.72 bits per heavy atom. The van der Waals surface area contributed by atoms with E-state index in [0.717, 1.165) is 39.1 Å². The first kappa shape index (κ1) is 18.3. The van der Waals surface area contributed by atoms with Crippen molar-refractivity contribution in [2.45, 2.75) is 57.2 Å². The Hall–Kier alpha value is -1.51. The normalized spacial score (nSPS) is 22.5. The van der Waals surface area contributed by atoms with Gasteiger partial charge in [0.25, 0.3) is 0 Å². The van der Waals surface area contributed by atoms with Crippen LogP contribution in [0.3, 0.4) is 0 Å². The summed E-state index contributed by atoms with van der Waals surface area (Å²) in [5, 5.41) is 20.4. The molecule has 3 rings (SSSR count). The molecule has 1 saturated heterocycles. The number of carbonyl (C=O) groups excluding carboxylic acids is 1. The van der Waals surface area contributed by atoms with Crippen LogP contribution in [0.4, 0.5) is 0 Å². The lowest BCUT2D eigenvalue weighted by atomic mass is 9.79. The third kappa shape index (κ3) is 4.56. The van der Waals surface area contributed by atoms with E-state index in [1.54, 1.807) is 13.1 Å². The average molecular weight is 351 g/mol. The maximum Gasteiger partial charge on any atom is 0.241 e. The van der Waals surface area contributed by atoms with Gasteiger partial charge in [0, 0.05) is 25.2 Å². The van der Waals surface area contributed by atoms with E-state index in [4.69, 9.17) is 4.74 Å². The Morgan fingerprint density at radius 2 is 2.08 bits per heavy atom. The number of nitrogens with zero attached hydrogens (tertiary/aromatic N) is 4. The number of hydrogen-bond donors (Lipinski definition) is 2. The van der Waals surface area contributed by atoms with Crippen molar-refractivity contribution in [1.29, 1.82) is 0 Å². The Balaban J connectivity index is 1.57. The van der Waals surface area contributed by atoms with Crippen LogP contribution in [-0.2, 0) is 16.1 Å². The molecule has 2 N–H and O–H groups in total. The molecule has 2 fully saturated rings. The Kier molecular flexibility index (Phi) is 6.03. The number of ether oxygens (including phenoxy) is 1. The fourth-order valence-corrected chi connectivity index (χ4v) is 3.90. The maximum absolute atomic E-state index is 12.4. The van der Waals surface area contributed by atoms with Crippen molar-refractivity contribution in [3.63, 3.8) is 0 Å². The van der Waals surface area contributed by atoms with Crippen molar-refractivity contribution in [2.24, 2.45) is 0 Å². The standard InChI is InChI=1S/C17H29N5O3/c1-14(23)15-11-22(20-19-15)12-16(24)18-13-17(5-3-2-4-6-17)21-7-9-25-10-8-21/h11,14,23H,2-10,12-13H2,1H3,(H,18,24). The first-order valence-electron chi connectivity index (χ1n) is 9.27. The SMILES string of the molecule is CC(O)c1cn(CC(=O)NCC2(N3CCOCC3)CCCCC2)nn1. The van der Waals surface area contributed by atoms with Gasteiger partial charge in [-0.2, -0.15) is 0 Å². The quantitative estimate of drug-likeness (QED) is 0.775. The second-order valence-corrected chi connectivity index (χ2v) is 7.18. The summed E-state index contributed by atoms with van der Waals surface area (Å²) in [5.74, 6) is -0.0692. The summed E-state index contributed by atoms with van der Waals surface area (Å²) in [5.41, 5.74) is 0.537. The van der Waals surface area contributed by atoms with E-state index in [0.29, 0.717) is 12.2 Å². The molecule has 140 valence electrons. The van der Waals surface area contributed by atoms with E-state index in [-0.39, 0.29) is 18.0 Å². The third-order valence-corrected chi connectivity index (χ3v) is 5.37. The lowest BCUT2D eigenvalue weighted by Crippen LogP contribution is -2.59. The highest BCUT2D eigenvalue weighted by Crippen LogP contribution is 2.33. The molecule has 0 bridgehead atoms. The number of morpholine rings is 1. The maximum atomic E-state index is 12.4. The number of nitrogens with one attached hydrogen (secondary N) is 1. The molecule has 8 nitrogen and oxygen atoms in total. The second kappa shape index (κ2) is 8.25. The highest BCUT2D eigenvalue weighted by atomic mass is 16.5. The molecule has 1 amide bonds. The average Bonchev–Trinajstić information content (AvgIpc) is 3.10. The zero-order valence-corrected chi connectivity index (χ0v) is 15.0. The van der Waals surface area contributed by atoms with E-state index < -0.39 is 6.10 Å². The van der Waals surface area contributed by atoms with Crippen molar-refractivity contribution in [3.8, 4) is 0 Å². The molecule has 0 radical (unpaired) electrons. The molecule has 2 heterocycles. The largest absolute Gasteiger partial charge is 0.387 e. The van der Waals surface area contributed by atoms with Crippen LogP contribution in [0.25, 0.3) is 0 Å². The summed E-state index contributed by atoms with van der Waals surface area (Å²) in [7, 11) is 0. The van der Waals surface area contributed by atoms with Crippen LogP contribution in [0.15, 0.2) is 6.20 Å². The summed E-state index contributed by atoms with van der Waals surface area (Å²) in [6.45, 7) is 5.85. The molecular formula is C17H29N5O3. The molecule has 0 aromatic carbocycles. The Labute approximate surface area is 148 Å². The van der Waals surface area contributed by atoms with Crippen LogP contribution >= 0.6 is 0 Å². The molecule has 1 aliphatic heterocycles. The smallest absolute Gasteiger partial charge is 0.241 e. The molecule has 0 spiro atoms. The molecule has 25 heavy (non-hydrogen) atoms. The monoisotopic (exact) mass is 351 g/mol. The van der Waals surface area contributed by atoms with Crippen LogP contribution in [0, 0.1) is 0 Å². The number of hydrogen-bond acceptors (Lipinski definition) is 6. The summed E-state index contributed by atoms with van der Waals surface area (Å²) < 4.78 is 6.97. The van der Waals surface area contributed by atoms with Gasteiger partial charge in [0.15, 0.2) is 0 Å². The predicted molar refractivity (Wildman–Crippen MR) is 91.9 cm³/mol. The number of carbonyl (C=O) groups is 1. The van der Waals surface area contributed by atoms with Crippen molar-refractivity contribution in [1.82, 2.24) is 25.2 Å². The van der Waals surface area contributed by atoms with Crippen molar-refractivity contribution in [2.75, 3.05) is 32.8 Å². The van der Waals surface area contributed by atoms with Gasteiger partial charge < -0.3 is 15.2 Å². The summed E-state index contributed by atoms with van der Waals surface area (Å²) in [6, 6.07) is 0. The van der Waals surface area contributed by atoms with E-state index >= 15 is 0 Å². The fraction of sp³-hybridized carbons (Fsp3) is 0.824. The number of aromatic nitrogens is 3. The molecule has 1 saturated carbocycles. The first-order valence-corrected chi connectivity index (χ1v) is 9.27. The van der Waals surface area contributed by atoms with Gasteiger partial charge in [-0.05, 0) is 19.8 Å². The van der Waals surface area contributed by atoms with Crippen LogP contribution < -0.4 is 5.32 Å². The molecule has 1 aromatic rings. The molecule has 2 aliphatic rings. The van der Waals surface area contributed by atoms with Crippen molar-refractivity contribution < 1.29 is 14.6 Å². The zero-order valence-electron chi connectivity index (χ0n) is 15.0. The van der Waals surface area contributed by atoms with Gasteiger partial charge >= 0.3 is 0 Å². The lowest BCUT2D eigenvalue weighted by molar-refractivity contribution is -0.123. The number of rotatable bonds is 6. The van der Waals surface area contributed by atoms with Crippen LogP contribution in [0.5, 0.6) is 0 Å². The molecule has 1 aromatic heterocycles. The molecule has 1 aliphatic carbocycles. The van der Waals surface area contributed by atoms with Gasteiger partial charge in [0.2, 0.25) is 5.91 Å².